The summed E-state index contributed by atoms with van der Waals surface area (Å²) in [4.78, 5) is 22.4. The van der Waals surface area contributed by atoms with Gasteiger partial charge in [-0.05, 0) is 34.1 Å². The molecule has 0 aliphatic carbocycles. The lowest BCUT2D eigenvalue weighted by Crippen LogP contribution is -2.23. The van der Waals surface area contributed by atoms with E-state index >= 15 is 0 Å². The number of hydrogen-bond donors (Lipinski definition) is 0. The Labute approximate surface area is 85.1 Å². The van der Waals surface area contributed by atoms with E-state index in [1.807, 2.05) is 0 Å². The van der Waals surface area contributed by atoms with Crippen LogP contribution in [0.5, 0.6) is 0 Å². The summed E-state index contributed by atoms with van der Waals surface area (Å²) in [5.41, 5.74) is 0.598. The molecule has 3 heteroatoms. The number of ether oxygens (including phenoxy) is 1. The molecule has 1 unspecified atom stereocenters. The van der Waals surface area contributed by atoms with E-state index in [-0.39, 0.29) is 12.4 Å². The summed E-state index contributed by atoms with van der Waals surface area (Å²) in [6.07, 6.45) is 1.97. The minimum absolute atomic E-state index is 0.194. The molecule has 0 rings (SSSR count). The van der Waals surface area contributed by atoms with Gasteiger partial charge < -0.3 is 4.74 Å². The number of esters is 1. The van der Waals surface area contributed by atoms with Crippen LogP contribution in [0.4, 0.5) is 0 Å². The van der Waals surface area contributed by atoms with Gasteiger partial charge in [0.05, 0.1) is 6.61 Å². The van der Waals surface area contributed by atoms with Crippen molar-refractivity contribution in [2.75, 3.05) is 6.61 Å². The number of hydrogen-bond acceptors (Lipinski definition) is 3. The van der Waals surface area contributed by atoms with E-state index in [9.17, 15) is 9.59 Å². The van der Waals surface area contributed by atoms with Crippen molar-refractivity contribution >= 4 is 11.8 Å². The number of carbonyl (C=O) groups excluding carboxylic acids is 2. The van der Waals surface area contributed by atoms with Crippen LogP contribution >= 0.6 is 0 Å². The van der Waals surface area contributed by atoms with Gasteiger partial charge in [0.1, 0.15) is 11.7 Å². The topological polar surface area (TPSA) is 43.4 Å². The summed E-state index contributed by atoms with van der Waals surface area (Å²) in [7, 11) is 0. The highest BCUT2D eigenvalue weighted by Crippen LogP contribution is 2.10. The largest absolute Gasteiger partial charge is 0.465 e. The summed E-state index contributed by atoms with van der Waals surface area (Å²) in [6.45, 7) is 10.5. The van der Waals surface area contributed by atoms with Gasteiger partial charge in [0.2, 0.25) is 0 Å². The summed E-state index contributed by atoms with van der Waals surface area (Å²) < 4.78 is 4.77. The Morgan fingerprint density at radius 1 is 1.43 bits per heavy atom. The van der Waals surface area contributed by atoms with Gasteiger partial charge in [-0.1, -0.05) is 11.6 Å². The molecule has 0 aromatic rings. The number of allylic oxidation sites excluding steroid dienone is 2. The summed E-state index contributed by atoms with van der Waals surface area (Å²) in [5, 5.41) is 0. The van der Waals surface area contributed by atoms with Crippen LogP contribution in [0.1, 0.15) is 27.2 Å². The molecule has 3 nitrogen and oxygen atoms in total. The van der Waals surface area contributed by atoms with E-state index in [0.29, 0.717) is 12.0 Å². The first kappa shape index (κ1) is 12.9. The molecule has 0 N–H and O–H groups in total. The predicted octanol–water partition coefficient (Wildman–Crippen LogP) is 1.80. The highest BCUT2D eigenvalue weighted by atomic mass is 16.5. The van der Waals surface area contributed by atoms with Crippen molar-refractivity contribution in [2.45, 2.75) is 27.2 Å². The zero-order chi connectivity index (χ0) is 11.1. The summed E-state index contributed by atoms with van der Waals surface area (Å²) >= 11 is 0. The number of carbonyl (C=O) groups is 2. The number of Topliss-reactive ketones (excluding diaryl/α,β-unsaturated/α-hetero) is 1. The van der Waals surface area contributed by atoms with Crippen LogP contribution in [-0.4, -0.2) is 18.4 Å². The smallest absolute Gasteiger partial charge is 0.316 e. The first-order valence-electron chi connectivity index (χ1n) is 4.58. The second kappa shape index (κ2) is 6.35. The van der Waals surface area contributed by atoms with Crippen LogP contribution in [-0.2, 0) is 14.3 Å². The lowest BCUT2D eigenvalue weighted by Gasteiger charge is -2.10. The molecular formula is C11H16O3. The quantitative estimate of drug-likeness (QED) is 0.497. The third-order valence-electron chi connectivity index (χ3n) is 1.74. The Hall–Kier alpha value is -1.12. The SMILES string of the molecule is [CH]C(C)=CCC(C(C)=O)C(=O)OCC. The Balaban J connectivity index is 4.37. The third kappa shape index (κ3) is 4.80. The maximum atomic E-state index is 11.3. The van der Waals surface area contributed by atoms with Crippen LogP contribution in [0.2, 0.25) is 0 Å². The molecule has 2 radical (unpaired) electrons. The van der Waals surface area contributed by atoms with Gasteiger partial charge in [-0.25, -0.2) is 0 Å². The monoisotopic (exact) mass is 196 g/mol. The van der Waals surface area contributed by atoms with Crippen molar-refractivity contribution in [3.8, 4) is 0 Å². The maximum Gasteiger partial charge on any atom is 0.316 e. The van der Waals surface area contributed by atoms with E-state index in [0.717, 1.165) is 0 Å². The van der Waals surface area contributed by atoms with E-state index in [4.69, 9.17) is 11.7 Å². The first-order valence-corrected chi connectivity index (χ1v) is 4.58. The first-order chi connectivity index (χ1) is 6.49. The zero-order valence-corrected chi connectivity index (χ0v) is 8.87. The molecule has 0 aromatic heterocycles. The van der Waals surface area contributed by atoms with Crippen LogP contribution in [0.25, 0.3) is 0 Å². The second-order valence-electron chi connectivity index (χ2n) is 3.10. The highest BCUT2D eigenvalue weighted by Gasteiger charge is 2.22. The standard InChI is InChI=1S/C11H16O3/c1-5-14-11(13)10(9(4)12)7-6-8(2)3/h2,6,10H,5,7H2,1,3-4H3. The molecule has 0 saturated carbocycles. The average Bonchev–Trinajstić information content (AvgIpc) is 2.03. The van der Waals surface area contributed by atoms with Crippen molar-refractivity contribution in [1.82, 2.24) is 0 Å². The van der Waals surface area contributed by atoms with E-state index < -0.39 is 11.9 Å². The van der Waals surface area contributed by atoms with Gasteiger partial charge in [0, 0.05) is 0 Å². The molecule has 0 aliphatic rings. The molecule has 1 atom stereocenters. The maximum absolute atomic E-state index is 11.3. The van der Waals surface area contributed by atoms with E-state index in [2.05, 4.69) is 0 Å². The van der Waals surface area contributed by atoms with Crippen LogP contribution in [0.15, 0.2) is 11.6 Å². The van der Waals surface area contributed by atoms with Gasteiger partial charge in [-0.2, -0.15) is 0 Å². The second-order valence-corrected chi connectivity index (χ2v) is 3.10. The van der Waals surface area contributed by atoms with Crippen molar-refractivity contribution in [1.29, 1.82) is 0 Å². The minimum Gasteiger partial charge on any atom is -0.465 e. The van der Waals surface area contributed by atoms with Crippen molar-refractivity contribution in [3.63, 3.8) is 0 Å². The van der Waals surface area contributed by atoms with Crippen molar-refractivity contribution in [3.05, 3.63) is 18.6 Å². The molecule has 0 bridgehead atoms. The van der Waals surface area contributed by atoms with Gasteiger partial charge in [0.25, 0.3) is 0 Å². The lowest BCUT2D eigenvalue weighted by molar-refractivity contribution is -0.150. The van der Waals surface area contributed by atoms with Gasteiger partial charge in [0.15, 0.2) is 0 Å². The summed E-state index contributed by atoms with van der Waals surface area (Å²) in [6, 6.07) is 0. The molecule has 0 fully saturated rings. The number of ketones is 1. The highest BCUT2D eigenvalue weighted by molar-refractivity contribution is 5.97. The summed E-state index contributed by atoms with van der Waals surface area (Å²) in [5.74, 6) is -1.38. The lowest BCUT2D eigenvalue weighted by atomic mass is 10.0. The van der Waals surface area contributed by atoms with Crippen LogP contribution < -0.4 is 0 Å². The Morgan fingerprint density at radius 2 is 2.00 bits per heavy atom. The zero-order valence-electron chi connectivity index (χ0n) is 8.87. The van der Waals surface area contributed by atoms with Crippen molar-refractivity contribution in [2.24, 2.45) is 5.92 Å². The minimum atomic E-state index is -0.714. The molecule has 0 spiro atoms. The Kier molecular flexibility index (Phi) is 5.84. The van der Waals surface area contributed by atoms with Gasteiger partial charge >= 0.3 is 5.97 Å². The van der Waals surface area contributed by atoms with E-state index in [1.54, 1.807) is 19.9 Å². The molecule has 0 aromatic carbocycles. The number of rotatable bonds is 5. The average molecular weight is 196 g/mol. The fourth-order valence-corrected chi connectivity index (χ4v) is 0.975. The third-order valence-corrected chi connectivity index (χ3v) is 1.74. The molecule has 0 amide bonds. The normalized spacial score (nSPS) is 13.6. The molecule has 0 heterocycles. The Morgan fingerprint density at radius 3 is 2.36 bits per heavy atom. The Bertz CT molecular complexity index is 237. The molecule has 0 aliphatic heterocycles. The fourth-order valence-electron chi connectivity index (χ4n) is 0.975. The van der Waals surface area contributed by atoms with Gasteiger partial charge in [-0.3, -0.25) is 9.59 Å². The molecule has 14 heavy (non-hydrogen) atoms. The predicted molar refractivity (Wildman–Crippen MR) is 53.5 cm³/mol. The molecular weight excluding hydrogens is 180 g/mol. The van der Waals surface area contributed by atoms with Crippen molar-refractivity contribution < 1.29 is 14.3 Å². The van der Waals surface area contributed by atoms with Crippen LogP contribution in [0.3, 0.4) is 0 Å². The molecule has 78 valence electrons. The van der Waals surface area contributed by atoms with Crippen LogP contribution in [0, 0.1) is 12.8 Å². The van der Waals surface area contributed by atoms with Gasteiger partial charge in [-0.15, -0.1) is 0 Å². The van der Waals surface area contributed by atoms with E-state index in [1.165, 1.54) is 6.92 Å². The fraction of sp³-hybridized carbons (Fsp3) is 0.545. The molecule has 0 saturated heterocycles.